The molecule has 0 N–H and O–H groups in total. The molecule has 1 aromatic rings. The van der Waals surface area contributed by atoms with E-state index < -0.39 is 11.9 Å². The second-order valence-corrected chi connectivity index (χ2v) is 2.53. The van der Waals surface area contributed by atoms with Crippen LogP contribution in [0.15, 0.2) is 24.3 Å². The second-order valence-electron chi connectivity index (χ2n) is 2.53. The van der Waals surface area contributed by atoms with E-state index in [1.54, 1.807) is 12.1 Å². The fraction of sp³-hybridized carbons (Fsp3) is 0.200. The van der Waals surface area contributed by atoms with E-state index in [-0.39, 0.29) is 11.1 Å². The zero-order chi connectivity index (χ0) is 10.6. The number of benzene rings is 1. The maximum absolute atomic E-state index is 11.2. The number of methoxy groups -OCH3 is 2. The third-order valence-corrected chi connectivity index (χ3v) is 1.74. The van der Waals surface area contributed by atoms with Crippen LogP contribution in [0.5, 0.6) is 0 Å². The van der Waals surface area contributed by atoms with Crippen LogP contribution in [0, 0.1) is 0 Å². The highest BCUT2D eigenvalue weighted by molar-refractivity contribution is 6.02. The smallest absolute Gasteiger partial charge is 0.338 e. The number of carbonyl (C=O) groups excluding carboxylic acids is 2. The maximum Gasteiger partial charge on any atom is 0.338 e. The van der Waals surface area contributed by atoms with Gasteiger partial charge in [-0.1, -0.05) is 12.1 Å². The Hall–Kier alpha value is -1.84. The molecular weight excluding hydrogens is 186 g/mol. The Balaban J connectivity index is 3.15. The van der Waals surface area contributed by atoms with E-state index in [2.05, 4.69) is 9.47 Å². The number of esters is 2. The van der Waals surface area contributed by atoms with Crippen molar-refractivity contribution >= 4 is 11.9 Å². The summed E-state index contributed by atoms with van der Waals surface area (Å²) in [5.74, 6) is -1.10. The highest BCUT2D eigenvalue weighted by Gasteiger charge is 2.16. The summed E-state index contributed by atoms with van der Waals surface area (Å²) < 4.78 is 9.05. The van der Waals surface area contributed by atoms with Gasteiger partial charge in [-0.25, -0.2) is 9.59 Å². The lowest BCUT2D eigenvalue weighted by molar-refractivity contribution is 0.0555. The van der Waals surface area contributed by atoms with Crippen molar-refractivity contribution in [2.45, 2.75) is 0 Å². The van der Waals surface area contributed by atoms with Crippen molar-refractivity contribution in [2.24, 2.45) is 0 Å². The molecule has 0 radical (unpaired) electrons. The lowest BCUT2D eigenvalue weighted by Gasteiger charge is -2.04. The highest BCUT2D eigenvalue weighted by atomic mass is 16.6. The Morgan fingerprint density at radius 1 is 0.929 bits per heavy atom. The summed E-state index contributed by atoms with van der Waals surface area (Å²) in [5, 5.41) is 0. The summed E-state index contributed by atoms with van der Waals surface area (Å²) in [5.41, 5.74) is 0.420. The van der Waals surface area contributed by atoms with E-state index >= 15 is 0 Å². The van der Waals surface area contributed by atoms with Gasteiger partial charge in [0.05, 0.1) is 25.3 Å². The molecule has 0 spiro atoms. The van der Waals surface area contributed by atoms with Crippen LogP contribution in [-0.2, 0) is 9.47 Å². The van der Waals surface area contributed by atoms with Crippen molar-refractivity contribution in [3.8, 4) is 0 Å². The summed E-state index contributed by atoms with van der Waals surface area (Å²) in [7, 11) is 2.52. The minimum Gasteiger partial charge on any atom is -0.465 e. The molecule has 0 amide bonds. The topological polar surface area (TPSA) is 52.6 Å². The summed E-state index contributed by atoms with van der Waals surface area (Å²) in [6.07, 6.45) is 0. The van der Waals surface area contributed by atoms with Gasteiger partial charge in [0.1, 0.15) is 0 Å². The summed E-state index contributed by atoms with van der Waals surface area (Å²) in [6.45, 7) is 0. The molecule has 0 bridgehead atoms. The van der Waals surface area contributed by atoms with Crippen LogP contribution in [0.4, 0.5) is 0 Å². The van der Waals surface area contributed by atoms with Gasteiger partial charge < -0.3 is 9.47 Å². The summed E-state index contributed by atoms with van der Waals surface area (Å²) in [6, 6.07) is 6.33. The van der Waals surface area contributed by atoms with Crippen molar-refractivity contribution in [3.05, 3.63) is 35.4 Å². The van der Waals surface area contributed by atoms with E-state index in [1.165, 1.54) is 26.4 Å². The SMILES string of the molecule is [13CH3]OC(=O)c1ccccc1C(=O)O[13CH3]. The average molecular weight is 196 g/mol. The van der Waals surface area contributed by atoms with Crippen molar-refractivity contribution in [1.29, 1.82) is 0 Å². The molecule has 4 nitrogen and oxygen atoms in total. The Morgan fingerprint density at radius 3 is 1.57 bits per heavy atom. The van der Waals surface area contributed by atoms with Crippen molar-refractivity contribution in [2.75, 3.05) is 14.2 Å². The quantitative estimate of drug-likeness (QED) is 0.527. The zero-order valence-corrected chi connectivity index (χ0v) is 7.94. The van der Waals surface area contributed by atoms with Gasteiger partial charge in [-0.05, 0) is 12.1 Å². The van der Waals surface area contributed by atoms with Gasteiger partial charge in [0.2, 0.25) is 0 Å². The van der Waals surface area contributed by atoms with Gasteiger partial charge in [0.25, 0.3) is 0 Å². The van der Waals surface area contributed by atoms with E-state index in [9.17, 15) is 9.59 Å². The first kappa shape index (κ1) is 10.2. The van der Waals surface area contributed by atoms with Crippen molar-refractivity contribution < 1.29 is 19.1 Å². The predicted octanol–water partition coefficient (Wildman–Crippen LogP) is 1.26. The fourth-order valence-corrected chi connectivity index (χ4v) is 1.06. The number of hydrogen-bond donors (Lipinski definition) is 0. The van der Waals surface area contributed by atoms with Gasteiger partial charge in [-0.2, -0.15) is 0 Å². The second kappa shape index (κ2) is 4.41. The third-order valence-electron chi connectivity index (χ3n) is 1.74. The first-order valence-corrected chi connectivity index (χ1v) is 3.96. The molecule has 0 aliphatic carbocycles. The monoisotopic (exact) mass is 196 g/mol. The molecule has 0 saturated carbocycles. The van der Waals surface area contributed by atoms with Crippen LogP contribution < -0.4 is 0 Å². The molecule has 1 rings (SSSR count). The van der Waals surface area contributed by atoms with Crippen LogP contribution in [0.1, 0.15) is 20.7 Å². The van der Waals surface area contributed by atoms with Crippen molar-refractivity contribution in [3.63, 3.8) is 0 Å². The normalized spacial score (nSPS) is 9.29. The van der Waals surface area contributed by atoms with Crippen LogP contribution in [0.3, 0.4) is 0 Å². The maximum atomic E-state index is 11.2. The average Bonchev–Trinajstić information content (AvgIpc) is 2.27. The standard InChI is InChI=1S/C10H10O4/c1-13-9(11)7-5-3-4-6-8(7)10(12)14-2/h3-6H,1-2H3/i1+1,2+1. The Morgan fingerprint density at radius 2 is 1.29 bits per heavy atom. The first-order valence-electron chi connectivity index (χ1n) is 3.96. The lowest BCUT2D eigenvalue weighted by Crippen LogP contribution is -2.11. The highest BCUT2D eigenvalue weighted by Crippen LogP contribution is 2.10. The Bertz CT molecular complexity index is 322. The van der Waals surface area contributed by atoms with Crippen LogP contribution in [-0.4, -0.2) is 26.2 Å². The Kier molecular flexibility index (Phi) is 3.23. The molecule has 0 aliphatic rings. The summed E-state index contributed by atoms with van der Waals surface area (Å²) >= 11 is 0. The molecule has 0 fully saturated rings. The van der Waals surface area contributed by atoms with E-state index in [1.807, 2.05) is 0 Å². The molecule has 1 aromatic carbocycles. The molecule has 14 heavy (non-hydrogen) atoms. The van der Waals surface area contributed by atoms with E-state index in [0.29, 0.717) is 0 Å². The third kappa shape index (κ3) is 1.90. The van der Waals surface area contributed by atoms with Crippen LogP contribution >= 0.6 is 0 Å². The first-order chi connectivity index (χ1) is 6.70. The van der Waals surface area contributed by atoms with Crippen molar-refractivity contribution in [1.82, 2.24) is 0 Å². The molecule has 74 valence electrons. The van der Waals surface area contributed by atoms with Crippen LogP contribution in [0.2, 0.25) is 0 Å². The molecule has 0 saturated heterocycles. The van der Waals surface area contributed by atoms with Gasteiger partial charge in [0, 0.05) is 0 Å². The van der Waals surface area contributed by atoms with Gasteiger partial charge in [-0.3, -0.25) is 0 Å². The Labute approximate surface area is 81.4 Å². The fourth-order valence-electron chi connectivity index (χ4n) is 1.06. The molecule has 0 aliphatic heterocycles. The lowest BCUT2D eigenvalue weighted by atomic mass is 10.1. The molecule has 4 heteroatoms. The number of ether oxygens (including phenoxy) is 2. The molecule has 0 atom stereocenters. The number of rotatable bonds is 2. The molecular formula is C10H10O4. The number of carbonyl (C=O) groups is 2. The largest absolute Gasteiger partial charge is 0.465 e. The summed E-state index contributed by atoms with van der Waals surface area (Å²) in [4.78, 5) is 22.4. The minimum atomic E-state index is -0.550. The minimum absolute atomic E-state index is 0.210. The predicted molar refractivity (Wildman–Crippen MR) is 49.1 cm³/mol. The zero-order valence-electron chi connectivity index (χ0n) is 7.94. The van der Waals surface area contributed by atoms with Gasteiger partial charge in [-0.15, -0.1) is 0 Å². The molecule has 0 unspecified atom stereocenters. The van der Waals surface area contributed by atoms with Gasteiger partial charge >= 0.3 is 11.9 Å². The van der Waals surface area contributed by atoms with E-state index in [4.69, 9.17) is 0 Å². The molecule has 0 heterocycles. The molecule has 0 aromatic heterocycles. The van der Waals surface area contributed by atoms with E-state index in [0.717, 1.165) is 0 Å². The number of hydrogen-bond acceptors (Lipinski definition) is 4. The van der Waals surface area contributed by atoms with Crippen LogP contribution in [0.25, 0.3) is 0 Å². The van der Waals surface area contributed by atoms with Gasteiger partial charge in [0.15, 0.2) is 0 Å².